The number of nitrogens with zero attached hydrogens (tertiary/aromatic N) is 1. The van der Waals surface area contributed by atoms with Gasteiger partial charge < -0.3 is 15.3 Å². The van der Waals surface area contributed by atoms with E-state index in [0.717, 1.165) is 5.69 Å². The van der Waals surface area contributed by atoms with E-state index in [1.807, 2.05) is 18.7 Å². The van der Waals surface area contributed by atoms with Crippen LogP contribution in [-0.2, 0) is 4.79 Å². The lowest BCUT2D eigenvalue weighted by Gasteiger charge is -2.48. The summed E-state index contributed by atoms with van der Waals surface area (Å²) in [4.78, 5) is 13.9. The highest BCUT2D eigenvalue weighted by Gasteiger charge is 2.40. The molecule has 1 aliphatic rings. The Morgan fingerprint density at radius 1 is 1.42 bits per heavy atom. The molecule has 1 saturated heterocycles. The lowest BCUT2D eigenvalue weighted by molar-refractivity contribution is -0.124. The molecule has 1 aliphatic heterocycles. The maximum absolute atomic E-state index is 13.0. The van der Waals surface area contributed by atoms with Crippen LogP contribution < -0.4 is 10.2 Å². The molecule has 1 fully saturated rings. The third kappa shape index (κ3) is 2.71. The van der Waals surface area contributed by atoms with E-state index in [2.05, 4.69) is 5.32 Å². The topological polar surface area (TPSA) is 52.6 Å². The zero-order chi connectivity index (χ0) is 14.0. The summed E-state index contributed by atoms with van der Waals surface area (Å²) in [7, 11) is 0. The van der Waals surface area contributed by atoms with E-state index in [-0.39, 0.29) is 23.9 Å². The van der Waals surface area contributed by atoms with Crippen LogP contribution >= 0.6 is 0 Å². The predicted molar refractivity (Wildman–Crippen MR) is 71.5 cm³/mol. The van der Waals surface area contributed by atoms with Gasteiger partial charge in [-0.15, -0.1) is 0 Å². The fraction of sp³-hybridized carbons (Fsp3) is 0.500. The van der Waals surface area contributed by atoms with Crippen molar-refractivity contribution in [2.75, 3.05) is 18.1 Å². The summed E-state index contributed by atoms with van der Waals surface area (Å²) < 4.78 is 13.0. The molecule has 1 amide bonds. The van der Waals surface area contributed by atoms with E-state index in [4.69, 9.17) is 5.11 Å². The molecule has 0 spiro atoms. The Kier molecular flexibility index (Phi) is 3.75. The summed E-state index contributed by atoms with van der Waals surface area (Å²) in [6.45, 7) is 4.48. The van der Waals surface area contributed by atoms with Crippen LogP contribution in [0, 0.1) is 5.82 Å². The molecule has 104 valence electrons. The van der Waals surface area contributed by atoms with Crippen LogP contribution in [0.2, 0.25) is 0 Å². The summed E-state index contributed by atoms with van der Waals surface area (Å²) in [5, 5.41) is 12.0. The molecule has 1 heterocycles. The number of amides is 1. The van der Waals surface area contributed by atoms with Gasteiger partial charge in [0.25, 0.3) is 0 Å². The first-order valence-corrected chi connectivity index (χ1v) is 6.39. The van der Waals surface area contributed by atoms with Gasteiger partial charge in [-0.1, -0.05) is 0 Å². The van der Waals surface area contributed by atoms with Gasteiger partial charge >= 0.3 is 0 Å². The zero-order valence-electron chi connectivity index (χ0n) is 11.2. The highest BCUT2D eigenvalue weighted by Crippen LogP contribution is 2.30. The Morgan fingerprint density at radius 2 is 2.05 bits per heavy atom. The first-order chi connectivity index (χ1) is 8.95. The summed E-state index contributed by atoms with van der Waals surface area (Å²) in [5.74, 6) is -0.403. The van der Waals surface area contributed by atoms with Crippen molar-refractivity contribution in [3.63, 3.8) is 0 Å². The number of aliphatic hydroxyl groups is 1. The fourth-order valence-electron chi connectivity index (χ4n) is 2.56. The molecule has 1 unspecified atom stereocenters. The van der Waals surface area contributed by atoms with Crippen molar-refractivity contribution in [1.29, 1.82) is 0 Å². The quantitative estimate of drug-likeness (QED) is 0.867. The number of hydrogen-bond acceptors (Lipinski definition) is 3. The molecule has 0 radical (unpaired) electrons. The molecule has 0 aliphatic carbocycles. The maximum atomic E-state index is 13.0. The Labute approximate surface area is 112 Å². The maximum Gasteiger partial charge on any atom is 0.242 e. The van der Waals surface area contributed by atoms with Gasteiger partial charge in [0.15, 0.2) is 0 Å². The van der Waals surface area contributed by atoms with Crippen LogP contribution in [0.3, 0.4) is 0 Å². The normalized spacial score (nSPS) is 22.2. The van der Waals surface area contributed by atoms with Crippen LogP contribution in [0.5, 0.6) is 0 Å². The molecule has 0 bridgehead atoms. The van der Waals surface area contributed by atoms with E-state index in [1.165, 1.54) is 12.1 Å². The molecular formula is C14H19FN2O2. The molecule has 2 N–H and O–H groups in total. The minimum Gasteiger partial charge on any atom is -0.396 e. The Hall–Kier alpha value is -1.62. The molecule has 0 saturated carbocycles. The van der Waals surface area contributed by atoms with E-state index in [0.29, 0.717) is 13.0 Å². The zero-order valence-corrected chi connectivity index (χ0v) is 11.2. The number of anilines is 1. The highest BCUT2D eigenvalue weighted by molar-refractivity contribution is 5.87. The van der Waals surface area contributed by atoms with E-state index < -0.39 is 6.04 Å². The SMILES string of the molecule is CC1(C)CNC(=O)C(CCO)N1c1ccc(F)cc1. The minimum atomic E-state index is -0.431. The third-order valence-electron chi connectivity index (χ3n) is 3.47. The van der Waals surface area contributed by atoms with E-state index >= 15 is 0 Å². The van der Waals surface area contributed by atoms with Gasteiger partial charge in [0.2, 0.25) is 5.91 Å². The van der Waals surface area contributed by atoms with Gasteiger partial charge in [0.05, 0.1) is 5.54 Å². The molecule has 5 heteroatoms. The van der Waals surface area contributed by atoms with Crippen LogP contribution in [0.25, 0.3) is 0 Å². The number of carbonyl (C=O) groups excluding carboxylic acids is 1. The number of nitrogens with one attached hydrogen (secondary N) is 1. The number of benzene rings is 1. The number of hydrogen-bond donors (Lipinski definition) is 2. The van der Waals surface area contributed by atoms with Gasteiger partial charge in [0, 0.05) is 18.8 Å². The Balaban J connectivity index is 2.39. The third-order valence-corrected chi connectivity index (χ3v) is 3.47. The molecule has 1 atom stereocenters. The van der Waals surface area contributed by atoms with Crippen molar-refractivity contribution in [3.05, 3.63) is 30.1 Å². The largest absolute Gasteiger partial charge is 0.396 e. The number of piperazine rings is 1. The monoisotopic (exact) mass is 266 g/mol. The van der Waals surface area contributed by atoms with Gasteiger partial charge in [-0.05, 0) is 44.5 Å². The van der Waals surface area contributed by atoms with E-state index in [9.17, 15) is 9.18 Å². The second-order valence-corrected chi connectivity index (χ2v) is 5.40. The molecule has 0 aromatic heterocycles. The molecule has 1 aromatic carbocycles. The second kappa shape index (κ2) is 5.17. The highest BCUT2D eigenvalue weighted by atomic mass is 19.1. The first-order valence-electron chi connectivity index (χ1n) is 6.39. The van der Waals surface area contributed by atoms with Crippen LogP contribution in [-0.4, -0.2) is 35.7 Å². The molecule has 1 aromatic rings. The number of carbonyl (C=O) groups is 1. The summed E-state index contributed by atoms with van der Waals surface area (Å²) >= 11 is 0. The number of halogens is 1. The van der Waals surface area contributed by atoms with Crippen molar-refractivity contribution >= 4 is 11.6 Å². The van der Waals surface area contributed by atoms with Gasteiger partial charge in [-0.25, -0.2) is 4.39 Å². The van der Waals surface area contributed by atoms with Crippen molar-refractivity contribution in [2.45, 2.75) is 31.8 Å². The van der Waals surface area contributed by atoms with Crippen molar-refractivity contribution < 1.29 is 14.3 Å². The van der Waals surface area contributed by atoms with Crippen LogP contribution in [0.4, 0.5) is 10.1 Å². The summed E-state index contributed by atoms with van der Waals surface area (Å²) in [6.07, 6.45) is 0.354. The molecule has 2 rings (SSSR count). The van der Waals surface area contributed by atoms with Gasteiger partial charge in [-0.2, -0.15) is 0 Å². The van der Waals surface area contributed by atoms with Crippen molar-refractivity contribution in [1.82, 2.24) is 5.32 Å². The average molecular weight is 266 g/mol. The van der Waals surface area contributed by atoms with Crippen molar-refractivity contribution in [2.24, 2.45) is 0 Å². The molecule has 4 nitrogen and oxygen atoms in total. The average Bonchev–Trinajstić information content (AvgIpc) is 2.36. The number of aliphatic hydroxyl groups excluding tert-OH is 1. The van der Waals surface area contributed by atoms with Crippen molar-refractivity contribution in [3.8, 4) is 0 Å². The summed E-state index contributed by atoms with van der Waals surface area (Å²) in [6, 6.07) is 5.67. The Morgan fingerprint density at radius 3 is 2.63 bits per heavy atom. The fourth-order valence-corrected chi connectivity index (χ4v) is 2.56. The van der Waals surface area contributed by atoms with E-state index in [1.54, 1.807) is 12.1 Å². The van der Waals surface area contributed by atoms with Gasteiger partial charge in [0.1, 0.15) is 11.9 Å². The van der Waals surface area contributed by atoms with Crippen LogP contribution in [0.1, 0.15) is 20.3 Å². The lowest BCUT2D eigenvalue weighted by Crippen LogP contribution is -2.66. The van der Waals surface area contributed by atoms with Gasteiger partial charge in [-0.3, -0.25) is 4.79 Å². The lowest BCUT2D eigenvalue weighted by atomic mass is 9.93. The standard InChI is InChI=1S/C14H19FN2O2/c1-14(2)9-16-13(19)12(7-8-18)17(14)11-5-3-10(15)4-6-11/h3-6,12,18H,7-9H2,1-2H3,(H,16,19). The number of rotatable bonds is 3. The second-order valence-electron chi connectivity index (χ2n) is 5.40. The first kappa shape index (κ1) is 13.8. The Bertz CT molecular complexity index is 459. The minimum absolute atomic E-state index is 0.0636. The smallest absolute Gasteiger partial charge is 0.242 e. The molecule has 19 heavy (non-hydrogen) atoms. The van der Waals surface area contributed by atoms with Crippen LogP contribution in [0.15, 0.2) is 24.3 Å². The molecular weight excluding hydrogens is 247 g/mol. The summed E-state index contributed by atoms with van der Waals surface area (Å²) in [5.41, 5.74) is 0.505. The predicted octanol–water partition coefficient (Wildman–Crippen LogP) is 1.29.